The minimum Gasteiger partial charge on any atom is -0.309 e. The number of nitrogens with zero attached hydrogens (tertiary/aromatic N) is 1. The van der Waals surface area contributed by atoms with Crippen LogP contribution in [-0.2, 0) is 6.42 Å². The smallest absolute Gasteiger partial charge is 0.00157 e. The summed E-state index contributed by atoms with van der Waals surface area (Å²) in [6.45, 7) is 5.29. The Labute approximate surface area is 98.1 Å². The average Bonchev–Trinajstić information content (AvgIpc) is 2.73. The Morgan fingerprint density at radius 3 is 2.94 bits per heavy atom. The van der Waals surface area contributed by atoms with Crippen molar-refractivity contribution in [2.45, 2.75) is 12.8 Å². The molecule has 0 amide bonds. The molecule has 0 atom stereocenters. The van der Waals surface area contributed by atoms with Crippen molar-refractivity contribution in [1.82, 2.24) is 4.90 Å². The third-order valence-electron chi connectivity index (χ3n) is 3.07. The minimum absolute atomic E-state index is 1.05. The number of fused-ring (bicyclic) bond motifs is 1. The SMILES string of the molecule is C=C(CCN(C)C)c1cccc2c1CC=C2. The maximum Gasteiger partial charge on any atom is 0.00157 e. The molecule has 0 radical (unpaired) electrons. The van der Waals surface area contributed by atoms with Gasteiger partial charge >= 0.3 is 0 Å². The lowest BCUT2D eigenvalue weighted by Crippen LogP contribution is -2.13. The van der Waals surface area contributed by atoms with E-state index in [1.165, 1.54) is 22.3 Å². The maximum atomic E-state index is 4.22. The van der Waals surface area contributed by atoms with E-state index in [9.17, 15) is 0 Å². The van der Waals surface area contributed by atoms with Crippen LogP contribution in [0.25, 0.3) is 11.6 Å². The fourth-order valence-corrected chi connectivity index (χ4v) is 2.12. The Morgan fingerprint density at radius 1 is 1.38 bits per heavy atom. The normalized spacial score (nSPS) is 13.2. The Kier molecular flexibility index (Phi) is 3.25. The van der Waals surface area contributed by atoms with Gasteiger partial charge in [-0.25, -0.2) is 0 Å². The molecule has 84 valence electrons. The van der Waals surface area contributed by atoms with Gasteiger partial charge in [0.05, 0.1) is 0 Å². The summed E-state index contributed by atoms with van der Waals surface area (Å²) in [4.78, 5) is 2.20. The molecule has 0 aromatic heterocycles. The first-order valence-electron chi connectivity index (χ1n) is 5.80. The number of hydrogen-bond acceptors (Lipinski definition) is 1. The molecule has 0 heterocycles. The van der Waals surface area contributed by atoms with Crippen LogP contribution in [0.15, 0.2) is 30.9 Å². The summed E-state index contributed by atoms with van der Waals surface area (Å²) >= 11 is 0. The predicted molar refractivity (Wildman–Crippen MR) is 71.4 cm³/mol. The summed E-state index contributed by atoms with van der Waals surface area (Å²) in [6.07, 6.45) is 6.54. The van der Waals surface area contributed by atoms with E-state index in [0.29, 0.717) is 0 Å². The van der Waals surface area contributed by atoms with E-state index in [2.05, 4.69) is 55.9 Å². The standard InChI is InChI=1S/C15H19N/c1-12(10-11-16(2)3)14-8-4-6-13-7-5-9-15(13)14/h4-8H,1,9-11H2,2-3H3. The van der Waals surface area contributed by atoms with Crippen molar-refractivity contribution >= 4 is 11.6 Å². The monoisotopic (exact) mass is 213 g/mol. The van der Waals surface area contributed by atoms with Crippen LogP contribution in [-0.4, -0.2) is 25.5 Å². The molecule has 0 N–H and O–H groups in total. The van der Waals surface area contributed by atoms with Crippen LogP contribution in [0.1, 0.15) is 23.1 Å². The van der Waals surface area contributed by atoms with Crippen molar-refractivity contribution in [1.29, 1.82) is 0 Å². The van der Waals surface area contributed by atoms with Gasteiger partial charge in [0.15, 0.2) is 0 Å². The highest BCUT2D eigenvalue weighted by molar-refractivity contribution is 5.73. The summed E-state index contributed by atoms with van der Waals surface area (Å²) in [5.74, 6) is 0. The molecule has 1 aromatic carbocycles. The first-order valence-corrected chi connectivity index (χ1v) is 5.80. The number of hydrogen-bond donors (Lipinski definition) is 0. The second-order valence-corrected chi connectivity index (χ2v) is 4.64. The van der Waals surface area contributed by atoms with Crippen molar-refractivity contribution < 1.29 is 0 Å². The van der Waals surface area contributed by atoms with Crippen LogP contribution < -0.4 is 0 Å². The number of rotatable bonds is 4. The van der Waals surface area contributed by atoms with Gasteiger partial charge in [-0.15, -0.1) is 0 Å². The molecule has 1 heteroatoms. The number of benzene rings is 1. The highest BCUT2D eigenvalue weighted by atomic mass is 15.0. The Bertz CT molecular complexity index is 427. The Hall–Kier alpha value is -1.34. The maximum absolute atomic E-state index is 4.22. The molecule has 2 rings (SSSR count). The average molecular weight is 213 g/mol. The van der Waals surface area contributed by atoms with Crippen LogP contribution in [0.5, 0.6) is 0 Å². The van der Waals surface area contributed by atoms with E-state index in [1.54, 1.807) is 0 Å². The van der Waals surface area contributed by atoms with E-state index in [4.69, 9.17) is 0 Å². The lowest BCUT2D eigenvalue weighted by Gasteiger charge is -2.14. The van der Waals surface area contributed by atoms with Crippen LogP contribution in [0.2, 0.25) is 0 Å². The summed E-state index contributed by atoms with van der Waals surface area (Å²) in [5.41, 5.74) is 5.42. The van der Waals surface area contributed by atoms with Gasteiger partial charge in [0.25, 0.3) is 0 Å². The fourth-order valence-electron chi connectivity index (χ4n) is 2.12. The molecule has 0 saturated carbocycles. The van der Waals surface area contributed by atoms with Crippen molar-refractivity contribution in [2.75, 3.05) is 20.6 Å². The van der Waals surface area contributed by atoms with Crippen LogP contribution >= 0.6 is 0 Å². The third-order valence-corrected chi connectivity index (χ3v) is 3.07. The quantitative estimate of drug-likeness (QED) is 0.742. The van der Waals surface area contributed by atoms with Gasteiger partial charge in [-0.05, 0) is 49.2 Å². The lowest BCUT2D eigenvalue weighted by molar-refractivity contribution is 0.419. The predicted octanol–water partition coefficient (Wildman–Crippen LogP) is 3.22. The second-order valence-electron chi connectivity index (χ2n) is 4.64. The molecule has 0 unspecified atom stereocenters. The molecular formula is C15H19N. The second kappa shape index (κ2) is 4.67. The highest BCUT2D eigenvalue weighted by Gasteiger charge is 2.11. The first-order chi connectivity index (χ1) is 7.68. The molecular weight excluding hydrogens is 194 g/mol. The molecule has 1 nitrogen and oxygen atoms in total. The van der Waals surface area contributed by atoms with Crippen molar-refractivity contribution in [3.63, 3.8) is 0 Å². The van der Waals surface area contributed by atoms with Crippen molar-refractivity contribution in [2.24, 2.45) is 0 Å². The van der Waals surface area contributed by atoms with Gasteiger partial charge in [0, 0.05) is 6.54 Å². The van der Waals surface area contributed by atoms with Gasteiger partial charge in [-0.2, -0.15) is 0 Å². The van der Waals surface area contributed by atoms with Crippen LogP contribution in [0.3, 0.4) is 0 Å². The molecule has 0 aliphatic heterocycles. The zero-order chi connectivity index (χ0) is 11.5. The molecule has 1 aliphatic rings. The molecule has 0 fully saturated rings. The zero-order valence-electron chi connectivity index (χ0n) is 10.2. The van der Waals surface area contributed by atoms with E-state index in [0.717, 1.165) is 19.4 Å². The number of allylic oxidation sites excluding steroid dienone is 1. The lowest BCUT2D eigenvalue weighted by atomic mass is 9.95. The summed E-state index contributed by atoms with van der Waals surface area (Å²) in [7, 11) is 4.20. The van der Waals surface area contributed by atoms with Crippen molar-refractivity contribution in [3.8, 4) is 0 Å². The van der Waals surface area contributed by atoms with Gasteiger partial charge < -0.3 is 4.90 Å². The molecule has 0 bridgehead atoms. The third kappa shape index (κ3) is 2.25. The topological polar surface area (TPSA) is 3.24 Å². The van der Waals surface area contributed by atoms with Crippen LogP contribution in [0.4, 0.5) is 0 Å². The summed E-state index contributed by atoms with van der Waals surface area (Å²) in [6, 6.07) is 6.51. The van der Waals surface area contributed by atoms with E-state index >= 15 is 0 Å². The van der Waals surface area contributed by atoms with E-state index < -0.39 is 0 Å². The minimum atomic E-state index is 1.05. The summed E-state index contributed by atoms with van der Waals surface area (Å²) in [5, 5.41) is 0. The van der Waals surface area contributed by atoms with Crippen LogP contribution in [0, 0.1) is 0 Å². The summed E-state index contributed by atoms with van der Waals surface area (Å²) < 4.78 is 0. The van der Waals surface area contributed by atoms with E-state index in [1.807, 2.05) is 0 Å². The fraction of sp³-hybridized carbons (Fsp3) is 0.333. The molecule has 0 spiro atoms. The Balaban J connectivity index is 2.16. The molecule has 16 heavy (non-hydrogen) atoms. The first kappa shape index (κ1) is 11.2. The Morgan fingerprint density at radius 2 is 2.19 bits per heavy atom. The molecule has 1 aromatic rings. The van der Waals surface area contributed by atoms with Gasteiger partial charge in [0.1, 0.15) is 0 Å². The zero-order valence-corrected chi connectivity index (χ0v) is 10.2. The van der Waals surface area contributed by atoms with Gasteiger partial charge in [0.2, 0.25) is 0 Å². The highest BCUT2D eigenvalue weighted by Crippen LogP contribution is 2.28. The molecule has 0 saturated heterocycles. The molecule has 1 aliphatic carbocycles. The van der Waals surface area contributed by atoms with E-state index in [-0.39, 0.29) is 0 Å². The van der Waals surface area contributed by atoms with Gasteiger partial charge in [-0.3, -0.25) is 0 Å². The van der Waals surface area contributed by atoms with Crippen molar-refractivity contribution in [3.05, 3.63) is 47.5 Å². The van der Waals surface area contributed by atoms with Gasteiger partial charge in [-0.1, -0.05) is 36.9 Å². The largest absolute Gasteiger partial charge is 0.309 e.